The number of fused-ring (bicyclic) bond motifs is 3. The predicted octanol–water partition coefficient (Wildman–Crippen LogP) is 7.09. The molecule has 0 fully saturated rings. The van der Waals surface area contributed by atoms with Crippen LogP contribution in [0.5, 0.6) is 0 Å². The summed E-state index contributed by atoms with van der Waals surface area (Å²) in [5.41, 5.74) is 4.95. The van der Waals surface area contributed by atoms with Crippen LogP contribution in [0.4, 0.5) is 15.0 Å². The van der Waals surface area contributed by atoms with Crippen molar-refractivity contribution in [2.75, 3.05) is 65.2 Å². The Kier molecular flexibility index (Phi) is 24.8. The number of rotatable bonds is 23. The Bertz CT molecular complexity index is 1390. The number of carbonyl (C=O) groups excluding carboxylic acids is 4. The molecule has 0 spiro atoms. The molecule has 2 aromatic rings. The quantitative estimate of drug-likeness (QED) is 0.0394. The number of aliphatic hydroxyl groups is 1. The van der Waals surface area contributed by atoms with E-state index < -0.39 is 12.0 Å². The molecule has 0 saturated carbocycles. The fourth-order valence-electron chi connectivity index (χ4n) is 5.36. The number of aliphatic hydroxyl groups excluding tert-OH is 1. The van der Waals surface area contributed by atoms with Gasteiger partial charge < -0.3 is 34.7 Å². The van der Waals surface area contributed by atoms with E-state index in [2.05, 4.69) is 70.6 Å². The number of halogens is 4. The molecule has 284 valence electrons. The molecule has 0 aromatic heterocycles. The molecule has 1 unspecified atom stereocenters. The van der Waals surface area contributed by atoms with E-state index in [1.165, 1.54) is 0 Å². The minimum absolute atomic E-state index is 0.0640. The minimum atomic E-state index is -1.23. The number of ether oxygens (including phenoxy) is 4. The average Bonchev–Trinajstić information content (AvgIpc) is 3.42. The summed E-state index contributed by atoms with van der Waals surface area (Å²) in [7, 11) is 1.63. The SMILES string of the molecule is COCCCOCCNC(=O)CCCC(=O)Nc1ccc2c(c1)C(COC(=O)NF)c1cccc(C(=O)CCCOCCCCO)c1-2.[I][V]([I])[I]. The summed E-state index contributed by atoms with van der Waals surface area (Å²) in [5, 5.41) is 14.5. The topological polar surface area (TPSA) is 162 Å². The summed E-state index contributed by atoms with van der Waals surface area (Å²) >= 11 is 7.39. The molecule has 12 nitrogen and oxygen atoms in total. The number of benzene rings is 2. The Morgan fingerprint density at radius 1 is 0.843 bits per heavy atom. The molecule has 4 N–H and O–H groups in total. The van der Waals surface area contributed by atoms with E-state index in [0.29, 0.717) is 70.1 Å². The van der Waals surface area contributed by atoms with Crippen LogP contribution < -0.4 is 16.2 Å². The zero-order valence-corrected chi connectivity index (χ0v) is 36.4. The number of anilines is 1. The molecule has 0 heterocycles. The number of Topliss-reactive ketones (excluding diaryl/α,β-unsaturated/α-hetero) is 1. The Labute approximate surface area is 336 Å². The van der Waals surface area contributed by atoms with Crippen molar-refractivity contribution in [3.63, 3.8) is 0 Å². The Morgan fingerprint density at radius 3 is 2.27 bits per heavy atom. The normalized spacial score (nSPS) is 12.7. The fraction of sp³-hybridized carbons (Fsp3) is 0.529. The summed E-state index contributed by atoms with van der Waals surface area (Å²) in [6.07, 6.45) is 2.47. The molecule has 1 aliphatic rings. The van der Waals surface area contributed by atoms with Crippen LogP contribution in [-0.2, 0) is 33.5 Å². The van der Waals surface area contributed by atoms with Crippen molar-refractivity contribution < 1.29 is 52.6 Å². The molecule has 51 heavy (non-hydrogen) atoms. The summed E-state index contributed by atoms with van der Waals surface area (Å²) in [6.45, 7) is 2.86. The molecule has 2 aromatic carbocycles. The zero-order valence-electron chi connectivity index (χ0n) is 28.5. The van der Waals surface area contributed by atoms with Gasteiger partial charge in [0.1, 0.15) is 6.61 Å². The number of hydrogen-bond acceptors (Lipinski definition) is 9. The third kappa shape index (κ3) is 18.2. The number of hydrogen-bond donors (Lipinski definition) is 4. The van der Waals surface area contributed by atoms with E-state index in [1.54, 1.807) is 31.4 Å². The third-order valence-corrected chi connectivity index (χ3v) is 7.61. The van der Waals surface area contributed by atoms with Gasteiger partial charge in [0.15, 0.2) is 5.78 Å². The number of ketones is 1. The fourth-order valence-corrected chi connectivity index (χ4v) is 5.36. The molecule has 0 radical (unpaired) electrons. The van der Waals surface area contributed by atoms with Crippen LogP contribution in [0.2, 0.25) is 0 Å². The Balaban J connectivity index is 0.00000213. The van der Waals surface area contributed by atoms with Crippen molar-refractivity contribution in [3.8, 4) is 11.1 Å². The van der Waals surface area contributed by atoms with Gasteiger partial charge in [-0.2, -0.15) is 5.54 Å². The van der Waals surface area contributed by atoms with Gasteiger partial charge >= 0.3 is 71.0 Å². The molecule has 3 amide bonds. The van der Waals surface area contributed by atoms with Gasteiger partial charge in [-0.25, -0.2) is 4.79 Å². The van der Waals surface area contributed by atoms with Gasteiger partial charge in [-0.1, -0.05) is 28.7 Å². The van der Waals surface area contributed by atoms with Crippen molar-refractivity contribution in [2.24, 2.45) is 0 Å². The van der Waals surface area contributed by atoms with Crippen LogP contribution >= 0.6 is 59.9 Å². The first-order chi connectivity index (χ1) is 24.6. The van der Waals surface area contributed by atoms with Gasteiger partial charge in [0, 0.05) is 83.1 Å². The van der Waals surface area contributed by atoms with Gasteiger partial charge in [0.25, 0.3) is 0 Å². The molecule has 1 atom stereocenters. The number of methoxy groups -OCH3 is 1. The van der Waals surface area contributed by atoms with Gasteiger partial charge in [-0.05, 0) is 66.5 Å². The van der Waals surface area contributed by atoms with E-state index in [-0.39, 0.29) is 55.0 Å². The van der Waals surface area contributed by atoms with Crippen LogP contribution in [0.25, 0.3) is 11.1 Å². The number of nitrogens with one attached hydrogen (secondary N) is 3. The van der Waals surface area contributed by atoms with Crippen molar-refractivity contribution in [2.45, 2.75) is 57.3 Å². The van der Waals surface area contributed by atoms with E-state index >= 15 is 0 Å². The Hall–Kier alpha value is -1.14. The second-order valence-electron chi connectivity index (χ2n) is 11.3. The third-order valence-electron chi connectivity index (χ3n) is 7.61. The van der Waals surface area contributed by atoms with Gasteiger partial charge in [0.2, 0.25) is 11.8 Å². The van der Waals surface area contributed by atoms with Gasteiger partial charge in [-0.3, -0.25) is 14.4 Å². The molecule has 17 heteroatoms. The molecule has 0 saturated heterocycles. The van der Waals surface area contributed by atoms with Crippen LogP contribution in [0.1, 0.15) is 78.8 Å². The first-order valence-electron chi connectivity index (χ1n) is 16.6. The number of amides is 3. The molecule has 0 aliphatic heterocycles. The van der Waals surface area contributed by atoms with Crippen LogP contribution in [-0.4, -0.2) is 88.7 Å². The van der Waals surface area contributed by atoms with Crippen molar-refractivity contribution in [3.05, 3.63) is 53.1 Å². The van der Waals surface area contributed by atoms with Gasteiger partial charge in [-0.15, -0.1) is 0 Å². The van der Waals surface area contributed by atoms with E-state index in [1.807, 2.05) is 12.1 Å². The second kappa shape index (κ2) is 27.4. The molecule has 1 aliphatic carbocycles. The van der Waals surface area contributed by atoms with Crippen molar-refractivity contribution >= 4 is 89.3 Å². The molecular formula is C34H46FI3N3O9V. The zero-order chi connectivity index (χ0) is 37.4. The standard InChI is InChI=1S/C34H46FN3O9.3HI.V/c1-44-17-7-20-46-21-15-36-31(41)11-5-12-32(42)37-24-13-14-26-28(22-24)29(23-47-34(43)38-35)25-8-4-9-27(33(25)26)30(40)10-6-19-45-18-3-2-16-39;;;;/h4,8-9,13-14,22,29,39H,2-3,5-7,10-12,15-21,23H2,1H3,(H,36,41)(H,37,42)(H,38,43);3*1H;/q;;;;+3/p-3. The second-order valence-corrected chi connectivity index (χ2v) is 46.7. The number of carbonyl (C=O) groups is 4. The molecule has 0 bridgehead atoms. The summed E-state index contributed by atoms with van der Waals surface area (Å²) in [6, 6.07) is 10.7. The van der Waals surface area contributed by atoms with Crippen LogP contribution in [0.15, 0.2) is 36.4 Å². The predicted molar refractivity (Wildman–Crippen MR) is 215 cm³/mol. The molecular weight excluding hydrogens is 1050 g/mol. The first kappa shape index (κ1) is 46.0. The van der Waals surface area contributed by atoms with Crippen LogP contribution in [0, 0.1) is 0 Å². The van der Waals surface area contributed by atoms with Crippen molar-refractivity contribution in [1.82, 2.24) is 10.9 Å². The van der Waals surface area contributed by atoms with E-state index in [9.17, 15) is 23.7 Å². The van der Waals surface area contributed by atoms with E-state index in [4.69, 9.17) is 24.1 Å². The Morgan fingerprint density at radius 2 is 1.55 bits per heavy atom. The van der Waals surface area contributed by atoms with E-state index in [0.717, 1.165) is 40.6 Å². The summed E-state index contributed by atoms with van der Waals surface area (Å²) in [4.78, 5) is 49.5. The monoisotopic (exact) mass is 1090 g/mol. The summed E-state index contributed by atoms with van der Waals surface area (Å²) in [5.74, 6) is -0.992. The number of unbranched alkanes of at least 4 members (excludes halogenated alkanes) is 1. The first-order valence-corrected chi connectivity index (χ1v) is 30.1. The van der Waals surface area contributed by atoms with Crippen molar-refractivity contribution in [1.29, 1.82) is 0 Å². The maximum atomic E-state index is 13.3. The average molecular weight is 1090 g/mol. The van der Waals surface area contributed by atoms with Gasteiger partial charge in [0.05, 0.1) is 6.61 Å². The maximum absolute atomic E-state index is 13.3. The van der Waals surface area contributed by atoms with Crippen LogP contribution in [0.3, 0.4) is 0 Å². The molecule has 3 rings (SSSR count). The summed E-state index contributed by atoms with van der Waals surface area (Å²) < 4.78 is 33.7.